The largest absolute Gasteiger partial charge is 0.418 e. The molecule has 0 saturated carbocycles. The van der Waals surface area contributed by atoms with Gasteiger partial charge < -0.3 is 10.4 Å². The molecule has 96 valence electrons. The predicted molar refractivity (Wildman–Crippen MR) is 63.9 cm³/mol. The Kier molecular flexibility index (Phi) is 4.82. The fraction of sp³-hybridized carbons (Fsp3) is 0.455. The number of aliphatic hydroxyl groups excluding tert-OH is 1. The van der Waals surface area contributed by atoms with Crippen molar-refractivity contribution in [1.29, 1.82) is 0 Å². The molecule has 1 unspecified atom stereocenters. The van der Waals surface area contributed by atoms with Gasteiger partial charge in [0.05, 0.1) is 12.2 Å². The summed E-state index contributed by atoms with van der Waals surface area (Å²) in [6, 6.07) is 3.33. The van der Waals surface area contributed by atoms with Gasteiger partial charge in [-0.3, -0.25) is 0 Å². The molecular weight excluding hydrogens is 299 g/mol. The molecule has 0 saturated heterocycles. The summed E-state index contributed by atoms with van der Waals surface area (Å²) < 4.78 is 38.7. The zero-order valence-electron chi connectivity index (χ0n) is 9.18. The van der Waals surface area contributed by atoms with Crippen LogP contribution in [0.1, 0.15) is 18.9 Å². The third kappa shape index (κ3) is 3.89. The van der Waals surface area contributed by atoms with E-state index in [9.17, 15) is 13.2 Å². The average Bonchev–Trinajstić information content (AvgIpc) is 2.24. The molecule has 2 nitrogen and oxygen atoms in total. The third-order valence-electron chi connectivity index (χ3n) is 2.36. The summed E-state index contributed by atoms with van der Waals surface area (Å²) in [7, 11) is 0. The van der Waals surface area contributed by atoms with Crippen molar-refractivity contribution in [3.8, 4) is 0 Å². The highest BCUT2D eigenvalue weighted by molar-refractivity contribution is 9.10. The summed E-state index contributed by atoms with van der Waals surface area (Å²) in [5.74, 6) is 0. The molecule has 17 heavy (non-hydrogen) atoms. The van der Waals surface area contributed by atoms with Gasteiger partial charge >= 0.3 is 6.18 Å². The molecule has 0 aliphatic carbocycles. The molecule has 1 atom stereocenters. The van der Waals surface area contributed by atoms with Crippen LogP contribution in [0.3, 0.4) is 0 Å². The fourth-order valence-electron chi connectivity index (χ4n) is 1.38. The Morgan fingerprint density at radius 1 is 1.41 bits per heavy atom. The van der Waals surface area contributed by atoms with Crippen LogP contribution in [0.4, 0.5) is 18.9 Å². The second-order valence-electron chi connectivity index (χ2n) is 3.62. The lowest BCUT2D eigenvalue weighted by Gasteiger charge is -2.20. The second-order valence-corrected chi connectivity index (χ2v) is 4.54. The summed E-state index contributed by atoms with van der Waals surface area (Å²) in [4.78, 5) is 0. The molecule has 1 rings (SSSR count). The minimum Gasteiger partial charge on any atom is -0.394 e. The number of hydrogen-bond donors (Lipinski definition) is 2. The van der Waals surface area contributed by atoms with Crippen LogP contribution in [0.15, 0.2) is 22.7 Å². The summed E-state index contributed by atoms with van der Waals surface area (Å²) in [6.45, 7) is 1.58. The molecular formula is C11H13BrF3NO. The number of hydrogen-bond acceptors (Lipinski definition) is 2. The maximum atomic E-state index is 12.7. The highest BCUT2D eigenvalue weighted by Gasteiger charge is 2.33. The highest BCUT2D eigenvalue weighted by atomic mass is 79.9. The molecule has 0 aliphatic heterocycles. The lowest BCUT2D eigenvalue weighted by molar-refractivity contribution is -0.137. The number of benzene rings is 1. The summed E-state index contributed by atoms with van der Waals surface area (Å²) in [5, 5.41) is 11.7. The Labute approximate surface area is 106 Å². The number of halogens is 4. The Balaban J connectivity index is 3.07. The van der Waals surface area contributed by atoms with Crippen LogP contribution in [0, 0.1) is 0 Å². The number of rotatable bonds is 4. The number of anilines is 1. The van der Waals surface area contributed by atoms with E-state index in [2.05, 4.69) is 21.2 Å². The van der Waals surface area contributed by atoms with Crippen LogP contribution in [0.2, 0.25) is 0 Å². The van der Waals surface area contributed by atoms with Crippen molar-refractivity contribution in [2.75, 3.05) is 11.9 Å². The van der Waals surface area contributed by atoms with Gasteiger partial charge in [0.1, 0.15) is 0 Å². The van der Waals surface area contributed by atoms with E-state index in [0.717, 1.165) is 6.07 Å². The van der Waals surface area contributed by atoms with E-state index in [0.29, 0.717) is 10.9 Å². The first-order valence-electron chi connectivity index (χ1n) is 5.12. The van der Waals surface area contributed by atoms with Crippen molar-refractivity contribution in [2.45, 2.75) is 25.6 Å². The number of aliphatic hydroxyl groups is 1. The molecule has 0 aliphatic rings. The molecule has 1 aromatic carbocycles. The molecule has 6 heteroatoms. The predicted octanol–water partition coefficient (Wildman–Crippen LogP) is 3.65. The van der Waals surface area contributed by atoms with E-state index >= 15 is 0 Å². The van der Waals surface area contributed by atoms with Gasteiger partial charge in [-0.15, -0.1) is 0 Å². The Morgan fingerprint density at radius 3 is 2.53 bits per heavy atom. The summed E-state index contributed by atoms with van der Waals surface area (Å²) in [6.07, 6.45) is -3.86. The van der Waals surface area contributed by atoms with Crippen LogP contribution in [-0.2, 0) is 6.18 Å². The van der Waals surface area contributed by atoms with Crippen molar-refractivity contribution < 1.29 is 18.3 Å². The van der Waals surface area contributed by atoms with Crippen LogP contribution in [0.25, 0.3) is 0 Å². The van der Waals surface area contributed by atoms with E-state index in [1.165, 1.54) is 12.1 Å². The first-order valence-corrected chi connectivity index (χ1v) is 5.92. The second kappa shape index (κ2) is 5.73. The Bertz CT molecular complexity index is 377. The van der Waals surface area contributed by atoms with E-state index in [1.54, 1.807) is 6.92 Å². The van der Waals surface area contributed by atoms with Crippen LogP contribution >= 0.6 is 15.9 Å². The van der Waals surface area contributed by atoms with Crippen LogP contribution < -0.4 is 5.32 Å². The smallest absolute Gasteiger partial charge is 0.394 e. The molecule has 0 amide bonds. The number of nitrogens with one attached hydrogen (secondary N) is 1. The van der Waals surface area contributed by atoms with Crippen molar-refractivity contribution in [1.82, 2.24) is 0 Å². The van der Waals surface area contributed by atoms with E-state index in [-0.39, 0.29) is 18.3 Å². The summed E-state index contributed by atoms with van der Waals surface area (Å²) in [5.41, 5.74) is -0.750. The van der Waals surface area contributed by atoms with Crippen LogP contribution in [0.5, 0.6) is 0 Å². The molecule has 0 fully saturated rings. The monoisotopic (exact) mass is 311 g/mol. The van der Waals surface area contributed by atoms with Gasteiger partial charge in [-0.25, -0.2) is 0 Å². The normalized spacial score (nSPS) is 13.5. The van der Waals surface area contributed by atoms with E-state index < -0.39 is 11.7 Å². The van der Waals surface area contributed by atoms with Gasteiger partial charge in [0.15, 0.2) is 0 Å². The molecule has 0 spiro atoms. The van der Waals surface area contributed by atoms with Gasteiger partial charge in [-0.05, 0) is 24.6 Å². The number of alkyl halides is 3. The Hall–Kier alpha value is -0.750. The SMILES string of the molecule is CCC(CO)Nc1cc(Br)ccc1C(F)(F)F. The van der Waals surface area contributed by atoms with Crippen LogP contribution in [-0.4, -0.2) is 17.8 Å². The minimum atomic E-state index is -4.41. The van der Waals surface area contributed by atoms with Gasteiger partial charge in [0.25, 0.3) is 0 Å². The van der Waals surface area contributed by atoms with Crippen molar-refractivity contribution >= 4 is 21.6 Å². The van der Waals surface area contributed by atoms with Gasteiger partial charge in [-0.1, -0.05) is 22.9 Å². The quantitative estimate of drug-likeness (QED) is 0.889. The Morgan fingerprint density at radius 2 is 2.06 bits per heavy atom. The topological polar surface area (TPSA) is 32.3 Å². The molecule has 0 aromatic heterocycles. The van der Waals surface area contributed by atoms with Crippen molar-refractivity contribution in [3.63, 3.8) is 0 Å². The fourth-order valence-corrected chi connectivity index (χ4v) is 1.74. The zero-order chi connectivity index (χ0) is 13.1. The minimum absolute atomic E-state index is 0.0206. The lowest BCUT2D eigenvalue weighted by atomic mass is 10.1. The van der Waals surface area contributed by atoms with Crippen molar-refractivity contribution in [3.05, 3.63) is 28.2 Å². The summed E-state index contributed by atoms with van der Waals surface area (Å²) >= 11 is 3.13. The van der Waals surface area contributed by atoms with E-state index in [4.69, 9.17) is 5.11 Å². The van der Waals surface area contributed by atoms with E-state index in [1.807, 2.05) is 0 Å². The standard InChI is InChI=1S/C11H13BrF3NO/c1-2-8(6-17)16-10-5-7(12)3-4-9(10)11(13,14)15/h3-5,8,16-17H,2,6H2,1H3. The van der Waals surface area contributed by atoms with Gasteiger partial charge in [-0.2, -0.15) is 13.2 Å². The maximum absolute atomic E-state index is 12.7. The van der Waals surface area contributed by atoms with Gasteiger partial charge in [0, 0.05) is 16.2 Å². The molecule has 1 aromatic rings. The highest BCUT2D eigenvalue weighted by Crippen LogP contribution is 2.36. The molecule has 0 heterocycles. The van der Waals surface area contributed by atoms with Gasteiger partial charge in [0.2, 0.25) is 0 Å². The maximum Gasteiger partial charge on any atom is 0.418 e. The zero-order valence-corrected chi connectivity index (χ0v) is 10.8. The first-order chi connectivity index (χ1) is 7.88. The van der Waals surface area contributed by atoms with Crippen molar-refractivity contribution in [2.24, 2.45) is 0 Å². The molecule has 0 radical (unpaired) electrons. The average molecular weight is 312 g/mol. The third-order valence-corrected chi connectivity index (χ3v) is 2.85. The molecule has 0 bridgehead atoms. The lowest BCUT2D eigenvalue weighted by Crippen LogP contribution is -2.24. The molecule has 2 N–H and O–H groups in total. The first kappa shape index (κ1) is 14.3.